The molecule has 1 saturated heterocycles. The molecule has 2 amide bonds. The maximum atomic E-state index is 12.3. The Morgan fingerprint density at radius 2 is 2.00 bits per heavy atom. The molecule has 0 spiro atoms. The van der Waals surface area contributed by atoms with E-state index in [4.69, 9.17) is 0 Å². The molecule has 1 aromatic rings. The Labute approximate surface area is 143 Å². The monoisotopic (exact) mass is 337 g/mol. The fourth-order valence-electron chi connectivity index (χ4n) is 2.85. The van der Waals surface area contributed by atoms with Crippen molar-refractivity contribution >= 4 is 29.9 Å². The Morgan fingerprint density at radius 3 is 2.70 bits per heavy atom. The third-order valence-corrected chi connectivity index (χ3v) is 4.30. The van der Waals surface area contributed by atoms with E-state index in [2.05, 4.69) is 22.9 Å². The average Bonchev–Trinajstić information content (AvgIpc) is 3.31. The van der Waals surface area contributed by atoms with E-state index in [-0.39, 0.29) is 30.1 Å². The lowest BCUT2D eigenvalue weighted by Crippen LogP contribution is -2.40. The molecule has 126 valence electrons. The number of amides is 2. The van der Waals surface area contributed by atoms with Crippen molar-refractivity contribution in [3.63, 3.8) is 0 Å². The molecule has 0 radical (unpaired) electrons. The van der Waals surface area contributed by atoms with Gasteiger partial charge in [-0.15, -0.1) is 12.4 Å². The molecule has 1 aromatic carbocycles. The lowest BCUT2D eigenvalue weighted by atomic mass is 9.92. The number of piperidine rings is 1. The molecule has 0 aromatic heterocycles. The van der Waals surface area contributed by atoms with E-state index in [1.165, 1.54) is 0 Å². The van der Waals surface area contributed by atoms with Crippen molar-refractivity contribution in [1.82, 2.24) is 10.6 Å². The molecule has 2 aliphatic rings. The fraction of sp³-hybridized carbons (Fsp3) is 0.529. The molecule has 2 fully saturated rings. The van der Waals surface area contributed by atoms with Crippen LogP contribution in [0.15, 0.2) is 24.3 Å². The van der Waals surface area contributed by atoms with Crippen molar-refractivity contribution in [2.75, 3.05) is 11.9 Å². The summed E-state index contributed by atoms with van der Waals surface area (Å²) < 4.78 is 0. The number of carbonyl (C=O) groups excluding carboxylic acids is 2. The van der Waals surface area contributed by atoms with Crippen LogP contribution in [0.3, 0.4) is 0 Å². The van der Waals surface area contributed by atoms with Crippen LogP contribution in [0.2, 0.25) is 0 Å². The molecule has 1 saturated carbocycles. The highest BCUT2D eigenvalue weighted by Crippen LogP contribution is 2.21. The Morgan fingerprint density at radius 1 is 1.22 bits per heavy atom. The van der Waals surface area contributed by atoms with Gasteiger partial charge in [-0.1, -0.05) is 6.07 Å². The fourth-order valence-corrected chi connectivity index (χ4v) is 2.85. The van der Waals surface area contributed by atoms with Gasteiger partial charge in [0, 0.05) is 29.3 Å². The smallest absolute Gasteiger partial charge is 0.251 e. The topological polar surface area (TPSA) is 70.2 Å². The molecular weight excluding hydrogens is 314 g/mol. The lowest BCUT2D eigenvalue weighted by Gasteiger charge is -2.27. The highest BCUT2D eigenvalue weighted by molar-refractivity contribution is 5.97. The summed E-state index contributed by atoms with van der Waals surface area (Å²) in [5.41, 5.74) is 1.29. The zero-order valence-electron chi connectivity index (χ0n) is 13.3. The maximum Gasteiger partial charge on any atom is 0.251 e. The molecule has 1 aliphatic carbocycles. The summed E-state index contributed by atoms with van der Waals surface area (Å²) in [4.78, 5) is 24.4. The first-order valence-corrected chi connectivity index (χ1v) is 8.07. The highest BCUT2D eigenvalue weighted by atomic mass is 35.5. The van der Waals surface area contributed by atoms with Gasteiger partial charge >= 0.3 is 0 Å². The second-order valence-electron chi connectivity index (χ2n) is 6.39. The first-order chi connectivity index (χ1) is 10.6. The number of hydrogen-bond donors (Lipinski definition) is 3. The van der Waals surface area contributed by atoms with Crippen molar-refractivity contribution in [3.8, 4) is 0 Å². The molecule has 5 nitrogen and oxygen atoms in total. The Kier molecular flexibility index (Phi) is 6.02. The zero-order valence-corrected chi connectivity index (χ0v) is 14.1. The first-order valence-electron chi connectivity index (χ1n) is 8.07. The molecule has 3 N–H and O–H groups in total. The molecule has 23 heavy (non-hydrogen) atoms. The summed E-state index contributed by atoms with van der Waals surface area (Å²) in [6, 6.07) is 7.88. The number of nitrogens with one attached hydrogen (secondary N) is 3. The van der Waals surface area contributed by atoms with Gasteiger partial charge in [0.25, 0.3) is 5.91 Å². The van der Waals surface area contributed by atoms with Crippen molar-refractivity contribution in [2.24, 2.45) is 5.92 Å². The summed E-state index contributed by atoms with van der Waals surface area (Å²) in [6.07, 6.45) is 3.85. The lowest BCUT2D eigenvalue weighted by molar-refractivity contribution is -0.120. The van der Waals surface area contributed by atoms with Crippen molar-refractivity contribution in [3.05, 3.63) is 29.8 Å². The van der Waals surface area contributed by atoms with Crippen LogP contribution in [0.4, 0.5) is 5.69 Å². The van der Waals surface area contributed by atoms with E-state index in [0.717, 1.165) is 32.2 Å². The van der Waals surface area contributed by atoms with Gasteiger partial charge in [-0.3, -0.25) is 9.59 Å². The van der Waals surface area contributed by atoms with Gasteiger partial charge in [-0.05, 0) is 57.4 Å². The van der Waals surface area contributed by atoms with E-state index in [9.17, 15) is 9.59 Å². The normalized spacial score (nSPS) is 23.5. The molecule has 6 heteroatoms. The van der Waals surface area contributed by atoms with E-state index < -0.39 is 0 Å². The average molecular weight is 338 g/mol. The Balaban J connectivity index is 0.00000192. The first kappa shape index (κ1) is 17.8. The number of hydrogen-bond acceptors (Lipinski definition) is 3. The van der Waals surface area contributed by atoms with E-state index in [0.29, 0.717) is 23.3 Å². The zero-order chi connectivity index (χ0) is 15.5. The van der Waals surface area contributed by atoms with Gasteiger partial charge in [0.2, 0.25) is 5.91 Å². The van der Waals surface area contributed by atoms with Crippen LogP contribution < -0.4 is 16.0 Å². The molecule has 2 atom stereocenters. The van der Waals surface area contributed by atoms with Crippen LogP contribution >= 0.6 is 12.4 Å². The number of carbonyl (C=O) groups is 2. The Hall–Kier alpha value is -1.59. The predicted octanol–water partition coefficient (Wildman–Crippen LogP) is 2.33. The second-order valence-corrected chi connectivity index (χ2v) is 6.39. The van der Waals surface area contributed by atoms with Crippen molar-refractivity contribution in [1.29, 1.82) is 0 Å². The minimum absolute atomic E-state index is 0. The summed E-state index contributed by atoms with van der Waals surface area (Å²) in [5, 5.41) is 9.26. The summed E-state index contributed by atoms with van der Waals surface area (Å²) in [6.45, 7) is 2.98. The maximum absolute atomic E-state index is 12.3. The van der Waals surface area contributed by atoms with Crippen LogP contribution in [0.25, 0.3) is 0 Å². The van der Waals surface area contributed by atoms with Gasteiger partial charge in [0.05, 0.1) is 0 Å². The third kappa shape index (κ3) is 4.94. The quantitative estimate of drug-likeness (QED) is 0.789. The minimum atomic E-state index is -0.0610. The molecule has 3 rings (SSSR count). The van der Waals surface area contributed by atoms with Crippen molar-refractivity contribution < 1.29 is 9.59 Å². The van der Waals surface area contributed by atoms with Crippen molar-refractivity contribution in [2.45, 2.75) is 44.7 Å². The van der Waals surface area contributed by atoms with Gasteiger partial charge in [-0.25, -0.2) is 0 Å². The molecule has 1 heterocycles. The van der Waals surface area contributed by atoms with E-state index >= 15 is 0 Å². The SMILES string of the molecule is C[C@H]1C[C@@H](C(=O)Nc2cccc(C(=O)NC3CC3)c2)CCN1.Cl. The highest BCUT2D eigenvalue weighted by Gasteiger charge is 2.25. The van der Waals surface area contributed by atoms with Crippen LogP contribution in [0.5, 0.6) is 0 Å². The summed E-state index contributed by atoms with van der Waals surface area (Å²) in [5.74, 6) is 0.0300. The van der Waals surface area contributed by atoms with Gasteiger partial charge in [-0.2, -0.15) is 0 Å². The largest absolute Gasteiger partial charge is 0.349 e. The predicted molar refractivity (Wildman–Crippen MR) is 93.0 cm³/mol. The number of anilines is 1. The number of benzene rings is 1. The molecular formula is C17H24ClN3O2. The van der Waals surface area contributed by atoms with Gasteiger partial charge in [0.1, 0.15) is 0 Å². The van der Waals surface area contributed by atoms with Crippen LogP contribution in [0, 0.1) is 5.92 Å². The molecule has 0 bridgehead atoms. The number of halogens is 1. The third-order valence-electron chi connectivity index (χ3n) is 4.30. The molecule has 0 unspecified atom stereocenters. The van der Waals surface area contributed by atoms with Crippen LogP contribution in [-0.2, 0) is 4.79 Å². The van der Waals surface area contributed by atoms with E-state index in [1.54, 1.807) is 12.1 Å². The van der Waals surface area contributed by atoms with Crippen LogP contribution in [-0.4, -0.2) is 30.4 Å². The minimum Gasteiger partial charge on any atom is -0.349 e. The summed E-state index contributed by atoms with van der Waals surface area (Å²) in [7, 11) is 0. The summed E-state index contributed by atoms with van der Waals surface area (Å²) >= 11 is 0. The molecule has 1 aliphatic heterocycles. The second kappa shape index (κ2) is 7.79. The van der Waals surface area contributed by atoms with E-state index in [1.807, 2.05) is 12.1 Å². The van der Waals surface area contributed by atoms with Gasteiger partial charge in [0.15, 0.2) is 0 Å². The Bertz CT molecular complexity index is 575. The van der Waals surface area contributed by atoms with Gasteiger partial charge < -0.3 is 16.0 Å². The standard InChI is InChI=1S/C17H23N3O2.ClH/c1-11-9-13(7-8-18-11)17(22)20-15-4-2-3-12(10-15)16(21)19-14-5-6-14;/h2-4,10-11,13-14,18H,5-9H2,1H3,(H,19,21)(H,20,22);1H/t11-,13-;/m0./s1. The number of rotatable bonds is 4. The van der Waals surface area contributed by atoms with Crippen LogP contribution in [0.1, 0.15) is 43.0 Å².